The van der Waals surface area contributed by atoms with Crippen molar-refractivity contribution >= 4 is 27.5 Å². The highest BCUT2D eigenvalue weighted by Crippen LogP contribution is 2.26. The lowest BCUT2D eigenvalue weighted by atomic mass is 10.2. The molecular formula is C14H12ClFN2O4S. The molecular weight excluding hydrogens is 347 g/mol. The van der Waals surface area contributed by atoms with E-state index in [4.69, 9.17) is 16.3 Å². The van der Waals surface area contributed by atoms with Crippen molar-refractivity contribution in [2.75, 3.05) is 7.11 Å². The Bertz CT molecular complexity index is 825. The lowest BCUT2D eigenvalue weighted by molar-refractivity contribution is 0.0945. The number of hydrogen-bond acceptors (Lipinski definition) is 4. The third kappa shape index (κ3) is 4.19. The Balaban J connectivity index is 2.11. The highest BCUT2D eigenvalue weighted by molar-refractivity contribution is 7.89. The van der Waals surface area contributed by atoms with E-state index in [1.807, 2.05) is 10.3 Å². The molecule has 0 aliphatic carbocycles. The van der Waals surface area contributed by atoms with Gasteiger partial charge in [0.25, 0.3) is 15.9 Å². The fraction of sp³-hybridized carbons (Fsp3) is 0.0714. The van der Waals surface area contributed by atoms with Crippen molar-refractivity contribution in [1.29, 1.82) is 0 Å². The molecule has 0 spiro atoms. The number of methoxy groups -OCH3 is 1. The van der Waals surface area contributed by atoms with Crippen LogP contribution in [0.2, 0.25) is 5.02 Å². The van der Waals surface area contributed by atoms with Crippen LogP contribution in [0.1, 0.15) is 10.4 Å². The summed E-state index contributed by atoms with van der Waals surface area (Å²) in [5, 5.41) is 0.111. The summed E-state index contributed by atoms with van der Waals surface area (Å²) in [5.74, 6) is -0.913. The van der Waals surface area contributed by atoms with Gasteiger partial charge in [-0.25, -0.2) is 12.8 Å². The van der Waals surface area contributed by atoms with Crippen LogP contribution in [0.3, 0.4) is 0 Å². The third-order valence-corrected chi connectivity index (χ3v) is 4.38. The molecule has 2 N–H and O–H groups in total. The predicted octanol–water partition coefficient (Wildman–Crippen LogP) is 2.11. The maximum absolute atomic E-state index is 12.8. The van der Waals surface area contributed by atoms with E-state index in [0.717, 1.165) is 12.1 Å². The minimum Gasteiger partial charge on any atom is -0.495 e. The molecule has 0 heterocycles. The molecule has 0 saturated heterocycles. The molecule has 0 aromatic heterocycles. The smallest absolute Gasteiger partial charge is 0.266 e. The van der Waals surface area contributed by atoms with Gasteiger partial charge in [-0.1, -0.05) is 11.6 Å². The van der Waals surface area contributed by atoms with Crippen molar-refractivity contribution in [3.8, 4) is 5.75 Å². The molecule has 0 aliphatic heterocycles. The van der Waals surface area contributed by atoms with Crippen molar-refractivity contribution in [3.63, 3.8) is 0 Å². The van der Waals surface area contributed by atoms with Gasteiger partial charge in [-0.15, -0.1) is 4.83 Å². The first kappa shape index (κ1) is 17.2. The van der Waals surface area contributed by atoms with E-state index in [1.165, 1.54) is 37.4 Å². The summed E-state index contributed by atoms with van der Waals surface area (Å²) < 4.78 is 41.9. The second-order valence-electron chi connectivity index (χ2n) is 4.36. The molecule has 0 radical (unpaired) electrons. The molecule has 0 unspecified atom stereocenters. The number of carbonyl (C=O) groups is 1. The van der Waals surface area contributed by atoms with Gasteiger partial charge in [0.2, 0.25) is 0 Å². The fourth-order valence-electron chi connectivity index (χ4n) is 1.66. The van der Waals surface area contributed by atoms with Gasteiger partial charge in [0, 0.05) is 5.56 Å². The van der Waals surface area contributed by atoms with Gasteiger partial charge in [-0.3, -0.25) is 10.2 Å². The standard InChI is InChI=1S/C14H12ClFN2O4S/c1-22-13-7-6-11(8-12(13)15)23(20,21)18-17-14(19)9-2-4-10(16)5-3-9/h2-8,18H,1H3,(H,17,19). The van der Waals surface area contributed by atoms with Crippen LogP contribution in [-0.2, 0) is 10.0 Å². The van der Waals surface area contributed by atoms with E-state index in [1.54, 1.807) is 0 Å². The summed E-state index contributed by atoms with van der Waals surface area (Å²) in [4.78, 5) is 13.6. The SMILES string of the molecule is COc1ccc(S(=O)(=O)NNC(=O)c2ccc(F)cc2)cc1Cl. The van der Waals surface area contributed by atoms with E-state index in [0.29, 0.717) is 5.75 Å². The van der Waals surface area contributed by atoms with Gasteiger partial charge in [-0.05, 0) is 42.5 Å². The molecule has 2 rings (SSSR count). The average Bonchev–Trinajstić information content (AvgIpc) is 2.53. The Morgan fingerprint density at radius 1 is 1.17 bits per heavy atom. The second kappa shape index (κ2) is 6.95. The normalized spacial score (nSPS) is 11.1. The van der Waals surface area contributed by atoms with E-state index in [-0.39, 0.29) is 15.5 Å². The van der Waals surface area contributed by atoms with Crippen molar-refractivity contribution in [3.05, 3.63) is 58.9 Å². The molecule has 2 aromatic carbocycles. The van der Waals surface area contributed by atoms with Crippen LogP contribution in [0.25, 0.3) is 0 Å². The zero-order valence-corrected chi connectivity index (χ0v) is 13.4. The summed E-state index contributed by atoms with van der Waals surface area (Å²) in [6.45, 7) is 0. The van der Waals surface area contributed by atoms with Crippen LogP contribution in [0.15, 0.2) is 47.4 Å². The van der Waals surface area contributed by atoms with Crippen molar-refractivity contribution < 1.29 is 22.3 Å². The van der Waals surface area contributed by atoms with Crippen LogP contribution >= 0.6 is 11.6 Å². The van der Waals surface area contributed by atoms with Gasteiger partial charge >= 0.3 is 0 Å². The first-order valence-electron chi connectivity index (χ1n) is 6.25. The topological polar surface area (TPSA) is 84.5 Å². The summed E-state index contributed by atoms with van der Waals surface area (Å²) in [5.41, 5.74) is 2.13. The Kier molecular flexibility index (Phi) is 5.19. The van der Waals surface area contributed by atoms with E-state index >= 15 is 0 Å². The maximum atomic E-state index is 12.8. The molecule has 6 nitrogen and oxygen atoms in total. The van der Waals surface area contributed by atoms with E-state index in [9.17, 15) is 17.6 Å². The van der Waals surface area contributed by atoms with Crippen molar-refractivity contribution in [2.24, 2.45) is 0 Å². The minimum atomic E-state index is -4.02. The van der Waals surface area contributed by atoms with Crippen LogP contribution in [0.5, 0.6) is 5.75 Å². The number of hydrogen-bond donors (Lipinski definition) is 2. The number of ether oxygens (including phenoxy) is 1. The number of benzene rings is 2. The van der Waals surface area contributed by atoms with Gasteiger partial charge in [0.05, 0.1) is 17.0 Å². The Morgan fingerprint density at radius 2 is 1.83 bits per heavy atom. The molecule has 0 aliphatic rings. The molecule has 0 atom stereocenters. The highest BCUT2D eigenvalue weighted by atomic mass is 35.5. The first-order chi connectivity index (χ1) is 10.8. The van der Waals surface area contributed by atoms with E-state index in [2.05, 4.69) is 0 Å². The minimum absolute atomic E-state index is 0.0989. The number of rotatable bonds is 5. The van der Waals surface area contributed by atoms with Crippen molar-refractivity contribution in [2.45, 2.75) is 4.90 Å². The predicted molar refractivity (Wildman–Crippen MR) is 82.2 cm³/mol. The van der Waals surface area contributed by atoms with E-state index < -0.39 is 21.7 Å². The number of sulfonamides is 1. The summed E-state index contributed by atoms with van der Waals surface area (Å²) in [6.07, 6.45) is 0. The highest BCUT2D eigenvalue weighted by Gasteiger charge is 2.17. The molecule has 9 heteroatoms. The second-order valence-corrected chi connectivity index (χ2v) is 6.45. The zero-order chi connectivity index (χ0) is 17.0. The largest absolute Gasteiger partial charge is 0.495 e. The summed E-state index contributed by atoms with van der Waals surface area (Å²) in [7, 11) is -2.62. The molecule has 0 bridgehead atoms. The number of amides is 1. The summed E-state index contributed by atoms with van der Waals surface area (Å²) in [6, 6.07) is 8.48. The molecule has 0 saturated carbocycles. The number of nitrogens with one attached hydrogen (secondary N) is 2. The van der Waals surface area contributed by atoms with Crippen LogP contribution in [0, 0.1) is 5.82 Å². The van der Waals surface area contributed by atoms with Crippen LogP contribution in [-0.4, -0.2) is 21.4 Å². The maximum Gasteiger partial charge on any atom is 0.266 e. The van der Waals surface area contributed by atoms with Crippen LogP contribution < -0.4 is 15.0 Å². The van der Waals surface area contributed by atoms with Gasteiger partial charge in [0.15, 0.2) is 0 Å². The zero-order valence-electron chi connectivity index (χ0n) is 11.8. The number of carbonyl (C=O) groups excluding carboxylic acids is 1. The fourth-order valence-corrected chi connectivity index (χ4v) is 2.85. The molecule has 1 amide bonds. The Morgan fingerprint density at radius 3 is 2.39 bits per heavy atom. The van der Waals surface area contributed by atoms with Crippen molar-refractivity contribution in [1.82, 2.24) is 10.3 Å². The number of hydrazine groups is 1. The lowest BCUT2D eigenvalue weighted by Gasteiger charge is -2.10. The third-order valence-electron chi connectivity index (χ3n) is 2.84. The quantitative estimate of drug-likeness (QED) is 0.802. The Labute approximate surface area is 137 Å². The van der Waals surface area contributed by atoms with Crippen LogP contribution in [0.4, 0.5) is 4.39 Å². The monoisotopic (exact) mass is 358 g/mol. The molecule has 2 aromatic rings. The summed E-state index contributed by atoms with van der Waals surface area (Å²) >= 11 is 5.87. The molecule has 23 heavy (non-hydrogen) atoms. The molecule has 0 fully saturated rings. The average molecular weight is 359 g/mol. The molecule has 122 valence electrons. The lowest BCUT2D eigenvalue weighted by Crippen LogP contribution is -2.41. The number of halogens is 2. The first-order valence-corrected chi connectivity index (χ1v) is 8.11. The van der Waals surface area contributed by atoms with Gasteiger partial charge < -0.3 is 4.74 Å². The van der Waals surface area contributed by atoms with Gasteiger partial charge in [0.1, 0.15) is 11.6 Å². The Hall–Kier alpha value is -2.16. The van der Waals surface area contributed by atoms with Gasteiger partial charge in [-0.2, -0.15) is 0 Å².